The number of likely N-dealkylation sites (tertiary alicyclic amines) is 1. The van der Waals surface area contributed by atoms with Gasteiger partial charge >= 0.3 is 0 Å². The summed E-state index contributed by atoms with van der Waals surface area (Å²) in [5.41, 5.74) is 0.593. The molecule has 1 aliphatic rings. The molecule has 1 aliphatic heterocycles. The number of hydrogen-bond acceptors (Lipinski definition) is 2. The van der Waals surface area contributed by atoms with Crippen molar-refractivity contribution in [2.45, 2.75) is 51.2 Å². The number of aliphatic hydroxyl groups excluding tert-OH is 1. The van der Waals surface area contributed by atoms with Gasteiger partial charge in [0.15, 0.2) is 0 Å². The van der Waals surface area contributed by atoms with Crippen LogP contribution in [0.2, 0.25) is 5.02 Å². The normalized spacial score (nSPS) is 19.1. The van der Waals surface area contributed by atoms with Crippen molar-refractivity contribution in [2.75, 3.05) is 13.1 Å². The van der Waals surface area contributed by atoms with E-state index >= 15 is 0 Å². The molecule has 0 aliphatic carbocycles. The predicted octanol–water partition coefficient (Wildman–Crippen LogP) is 3.65. The molecule has 0 aromatic heterocycles. The molecule has 1 unspecified atom stereocenters. The molecule has 0 radical (unpaired) electrons. The van der Waals surface area contributed by atoms with E-state index in [9.17, 15) is 9.50 Å². The Morgan fingerprint density at radius 3 is 2.55 bits per heavy atom. The lowest BCUT2D eigenvalue weighted by atomic mass is 9.88. The zero-order valence-electron chi connectivity index (χ0n) is 12.2. The third-order valence-corrected chi connectivity index (χ3v) is 4.69. The van der Waals surface area contributed by atoms with E-state index in [0.29, 0.717) is 6.42 Å². The van der Waals surface area contributed by atoms with Gasteiger partial charge in [-0.1, -0.05) is 24.1 Å². The van der Waals surface area contributed by atoms with Crippen LogP contribution in [0.15, 0.2) is 18.2 Å². The number of rotatable bonds is 4. The van der Waals surface area contributed by atoms with Crippen LogP contribution in [0.25, 0.3) is 0 Å². The van der Waals surface area contributed by atoms with Crippen molar-refractivity contribution >= 4 is 11.6 Å². The highest BCUT2D eigenvalue weighted by molar-refractivity contribution is 6.30. The minimum atomic E-state index is -0.498. The summed E-state index contributed by atoms with van der Waals surface area (Å²) in [7, 11) is 0. The highest BCUT2D eigenvalue weighted by Gasteiger charge is 2.34. The van der Waals surface area contributed by atoms with Crippen LogP contribution in [0.5, 0.6) is 0 Å². The van der Waals surface area contributed by atoms with Gasteiger partial charge in [0.25, 0.3) is 0 Å². The van der Waals surface area contributed by atoms with Crippen LogP contribution < -0.4 is 0 Å². The summed E-state index contributed by atoms with van der Waals surface area (Å²) in [5, 5.41) is 10.7. The van der Waals surface area contributed by atoms with Gasteiger partial charge in [0, 0.05) is 12.0 Å². The molecule has 112 valence electrons. The van der Waals surface area contributed by atoms with E-state index in [1.807, 2.05) is 0 Å². The molecule has 4 heteroatoms. The van der Waals surface area contributed by atoms with Gasteiger partial charge in [0.2, 0.25) is 0 Å². The summed E-state index contributed by atoms with van der Waals surface area (Å²) < 4.78 is 13.2. The molecule has 1 heterocycles. The summed E-state index contributed by atoms with van der Waals surface area (Å²) in [6.45, 7) is 6.23. The zero-order chi connectivity index (χ0) is 14.8. The fourth-order valence-electron chi connectivity index (χ4n) is 2.82. The molecule has 1 aromatic carbocycles. The Hall–Kier alpha value is -0.640. The maximum atomic E-state index is 13.2. The van der Waals surface area contributed by atoms with Crippen molar-refractivity contribution in [3.63, 3.8) is 0 Å². The summed E-state index contributed by atoms with van der Waals surface area (Å²) in [5.74, 6) is -0.416. The number of nitrogens with zero attached hydrogens (tertiary/aromatic N) is 1. The standard InChI is InChI=1S/C16H23ClFNO/c1-16(2,19-8-4-3-5-9-19)15(20)11-12-6-7-14(18)13(17)10-12/h6-7,10,15,20H,3-5,8-9,11H2,1-2H3. The van der Waals surface area contributed by atoms with Crippen molar-refractivity contribution in [2.24, 2.45) is 0 Å². The van der Waals surface area contributed by atoms with Crippen LogP contribution in [-0.2, 0) is 6.42 Å². The molecule has 0 saturated carbocycles. The number of aliphatic hydroxyl groups is 1. The Labute approximate surface area is 125 Å². The van der Waals surface area contributed by atoms with Gasteiger partial charge in [-0.2, -0.15) is 0 Å². The topological polar surface area (TPSA) is 23.5 Å². The van der Waals surface area contributed by atoms with Gasteiger partial charge in [-0.25, -0.2) is 4.39 Å². The zero-order valence-corrected chi connectivity index (χ0v) is 13.0. The maximum Gasteiger partial charge on any atom is 0.141 e. The Kier molecular flexibility index (Phi) is 5.05. The van der Waals surface area contributed by atoms with E-state index in [1.54, 1.807) is 12.1 Å². The maximum absolute atomic E-state index is 13.2. The summed E-state index contributed by atoms with van der Waals surface area (Å²) in [6.07, 6.45) is 3.65. The predicted molar refractivity (Wildman–Crippen MR) is 80.6 cm³/mol. The average Bonchev–Trinajstić information content (AvgIpc) is 2.44. The van der Waals surface area contributed by atoms with Crippen molar-refractivity contribution in [1.82, 2.24) is 4.90 Å². The molecule has 0 bridgehead atoms. The van der Waals surface area contributed by atoms with Crippen molar-refractivity contribution in [3.05, 3.63) is 34.6 Å². The van der Waals surface area contributed by atoms with Gasteiger partial charge in [0.1, 0.15) is 5.82 Å². The van der Waals surface area contributed by atoms with Crippen LogP contribution in [0, 0.1) is 5.82 Å². The Morgan fingerprint density at radius 2 is 1.95 bits per heavy atom. The second-order valence-electron chi connectivity index (χ2n) is 6.17. The SMILES string of the molecule is CC(C)(C(O)Cc1ccc(F)c(Cl)c1)N1CCCCC1. The van der Waals surface area contributed by atoms with Gasteiger partial charge in [-0.3, -0.25) is 4.90 Å². The largest absolute Gasteiger partial charge is 0.391 e. The van der Waals surface area contributed by atoms with E-state index in [0.717, 1.165) is 18.7 Å². The summed E-state index contributed by atoms with van der Waals surface area (Å²) >= 11 is 5.79. The molecule has 20 heavy (non-hydrogen) atoms. The Balaban J connectivity index is 2.05. The van der Waals surface area contributed by atoms with E-state index in [1.165, 1.54) is 25.3 Å². The molecule has 1 atom stereocenters. The smallest absolute Gasteiger partial charge is 0.141 e. The van der Waals surface area contributed by atoms with Gasteiger partial charge in [-0.05, 0) is 57.5 Å². The highest BCUT2D eigenvalue weighted by atomic mass is 35.5. The molecular weight excluding hydrogens is 277 g/mol. The lowest BCUT2D eigenvalue weighted by Gasteiger charge is -2.44. The first-order chi connectivity index (χ1) is 9.41. The van der Waals surface area contributed by atoms with Crippen LogP contribution in [0.1, 0.15) is 38.7 Å². The van der Waals surface area contributed by atoms with Gasteiger partial charge < -0.3 is 5.11 Å². The third kappa shape index (κ3) is 3.51. The minimum Gasteiger partial charge on any atom is -0.391 e. The minimum absolute atomic E-state index is 0.116. The van der Waals surface area contributed by atoms with Crippen LogP contribution in [0.3, 0.4) is 0 Å². The third-order valence-electron chi connectivity index (χ3n) is 4.40. The number of benzene rings is 1. The molecule has 0 amide bonds. The molecule has 2 nitrogen and oxygen atoms in total. The number of piperidine rings is 1. The quantitative estimate of drug-likeness (QED) is 0.917. The average molecular weight is 300 g/mol. The van der Waals surface area contributed by atoms with Gasteiger partial charge in [0.05, 0.1) is 11.1 Å². The molecule has 1 fully saturated rings. The summed E-state index contributed by atoms with van der Waals surface area (Å²) in [6, 6.07) is 4.65. The molecular formula is C16H23ClFNO. The second-order valence-corrected chi connectivity index (χ2v) is 6.58. The Bertz CT molecular complexity index is 458. The van der Waals surface area contributed by atoms with Crippen molar-refractivity contribution in [1.29, 1.82) is 0 Å². The fourth-order valence-corrected chi connectivity index (χ4v) is 3.02. The van der Waals surface area contributed by atoms with Crippen LogP contribution >= 0.6 is 11.6 Å². The number of halogens is 2. The van der Waals surface area contributed by atoms with Crippen molar-refractivity contribution < 1.29 is 9.50 Å². The fraction of sp³-hybridized carbons (Fsp3) is 0.625. The molecule has 1 aromatic rings. The molecule has 0 spiro atoms. The molecule has 2 rings (SSSR count). The lowest BCUT2D eigenvalue weighted by molar-refractivity contribution is -0.0187. The van der Waals surface area contributed by atoms with Gasteiger partial charge in [-0.15, -0.1) is 0 Å². The summed E-state index contributed by atoms with van der Waals surface area (Å²) in [4.78, 5) is 2.35. The van der Waals surface area contributed by atoms with Crippen LogP contribution in [0.4, 0.5) is 4.39 Å². The monoisotopic (exact) mass is 299 g/mol. The van der Waals surface area contributed by atoms with E-state index in [4.69, 9.17) is 11.6 Å². The van der Waals surface area contributed by atoms with E-state index < -0.39 is 11.9 Å². The van der Waals surface area contributed by atoms with E-state index in [2.05, 4.69) is 18.7 Å². The first-order valence-electron chi connectivity index (χ1n) is 7.28. The number of hydrogen-bond donors (Lipinski definition) is 1. The highest BCUT2D eigenvalue weighted by Crippen LogP contribution is 2.26. The van der Waals surface area contributed by atoms with E-state index in [-0.39, 0.29) is 10.6 Å². The Morgan fingerprint density at radius 1 is 1.30 bits per heavy atom. The van der Waals surface area contributed by atoms with Crippen molar-refractivity contribution in [3.8, 4) is 0 Å². The first kappa shape index (κ1) is 15.7. The lowest BCUT2D eigenvalue weighted by Crippen LogP contribution is -2.54. The molecule has 1 N–H and O–H groups in total. The second kappa shape index (κ2) is 6.42. The van der Waals surface area contributed by atoms with Crippen LogP contribution in [-0.4, -0.2) is 34.7 Å². The molecule has 1 saturated heterocycles. The first-order valence-corrected chi connectivity index (χ1v) is 7.66.